The van der Waals surface area contributed by atoms with Crippen LogP contribution in [0.5, 0.6) is 11.6 Å². The van der Waals surface area contributed by atoms with Crippen LogP contribution in [0.2, 0.25) is 0 Å². The Morgan fingerprint density at radius 1 is 1.50 bits per heavy atom. The maximum absolute atomic E-state index is 11.8. The second kappa shape index (κ2) is 7.27. The van der Waals surface area contributed by atoms with E-state index in [2.05, 4.69) is 10.3 Å². The van der Waals surface area contributed by atoms with Crippen LogP contribution in [0.3, 0.4) is 0 Å². The summed E-state index contributed by atoms with van der Waals surface area (Å²) in [4.78, 5) is 27.6. The number of nitrogens with two attached hydrogens (primary N) is 1. The lowest BCUT2D eigenvalue weighted by Gasteiger charge is -2.14. The van der Waals surface area contributed by atoms with E-state index in [9.17, 15) is 9.59 Å². The number of methoxy groups -OCH3 is 1. The van der Waals surface area contributed by atoms with Gasteiger partial charge in [-0.2, -0.15) is 5.26 Å². The number of rotatable bonds is 6. The van der Waals surface area contributed by atoms with Crippen LogP contribution in [0.1, 0.15) is 23.2 Å². The first-order chi connectivity index (χ1) is 12.5. The molecule has 2 aromatic rings. The van der Waals surface area contributed by atoms with Gasteiger partial charge >= 0.3 is 0 Å². The fourth-order valence-corrected chi connectivity index (χ4v) is 3.05. The van der Waals surface area contributed by atoms with Crippen molar-refractivity contribution in [1.29, 1.82) is 5.26 Å². The zero-order valence-electron chi connectivity index (χ0n) is 14.2. The molecule has 0 saturated carbocycles. The number of nitrogens with one attached hydrogen (secondary N) is 1. The monoisotopic (exact) mass is 354 g/mol. The van der Waals surface area contributed by atoms with Crippen LogP contribution in [-0.4, -0.2) is 36.6 Å². The van der Waals surface area contributed by atoms with Crippen molar-refractivity contribution in [3.05, 3.63) is 30.0 Å². The molecule has 2 atom stereocenters. The summed E-state index contributed by atoms with van der Waals surface area (Å²) < 4.78 is 11.0. The van der Waals surface area contributed by atoms with E-state index >= 15 is 0 Å². The third-order valence-electron chi connectivity index (χ3n) is 4.36. The summed E-state index contributed by atoms with van der Waals surface area (Å²) in [6.45, 7) is 0.236. The minimum Gasteiger partial charge on any atom is -0.496 e. The van der Waals surface area contributed by atoms with E-state index in [0.717, 1.165) is 5.39 Å². The van der Waals surface area contributed by atoms with Crippen molar-refractivity contribution in [3.8, 4) is 17.7 Å². The Bertz CT molecular complexity index is 906. The van der Waals surface area contributed by atoms with Crippen LogP contribution in [0, 0.1) is 17.2 Å². The molecule has 0 bridgehead atoms. The first kappa shape index (κ1) is 17.5. The van der Waals surface area contributed by atoms with Gasteiger partial charge in [0.05, 0.1) is 30.7 Å². The molecule has 1 aliphatic rings. The van der Waals surface area contributed by atoms with Gasteiger partial charge in [-0.1, -0.05) is 0 Å². The van der Waals surface area contributed by atoms with Gasteiger partial charge in [0.25, 0.3) is 5.91 Å². The van der Waals surface area contributed by atoms with Crippen molar-refractivity contribution in [1.82, 2.24) is 10.3 Å². The van der Waals surface area contributed by atoms with Gasteiger partial charge < -0.3 is 20.5 Å². The molecule has 1 aromatic heterocycles. The van der Waals surface area contributed by atoms with Crippen molar-refractivity contribution in [2.24, 2.45) is 11.7 Å². The number of amides is 2. The number of carbonyl (C=O) groups excluding carboxylic acids is 2. The SMILES string of the molecule is COc1cc2c(OC[C@@H]3C[C@H](CC#N)C(=O)N3)nccc2cc1C(N)=O. The van der Waals surface area contributed by atoms with E-state index in [-0.39, 0.29) is 36.5 Å². The normalized spacial score (nSPS) is 19.0. The summed E-state index contributed by atoms with van der Waals surface area (Å²) in [6.07, 6.45) is 2.31. The Balaban J connectivity index is 1.81. The molecule has 8 heteroatoms. The van der Waals surface area contributed by atoms with Gasteiger partial charge in [0, 0.05) is 18.0 Å². The zero-order valence-corrected chi connectivity index (χ0v) is 14.2. The number of fused-ring (bicyclic) bond motifs is 1. The van der Waals surface area contributed by atoms with Crippen molar-refractivity contribution >= 4 is 22.6 Å². The number of hydrogen-bond acceptors (Lipinski definition) is 6. The quantitative estimate of drug-likeness (QED) is 0.801. The molecular weight excluding hydrogens is 336 g/mol. The van der Waals surface area contributed by atoms with Crippen LogP contribution in [0.15, 0.2) is 24.4 Å². The number of nitrogens with zero attached hydrogens (tertiary/aromatic N) is 2. The number of carbonyl (C=O) groups is 2. The smallest absolute Gasteiger partial charge is 0.252 e. The molecule has 8 nitrogen and oxygen atoms in total. The number of pyridine rings is 1. The molecule has 3 rings (SSSR count). The lowest BCUT2D eigenvalue weighted by Crippen LogP contribution is -2.31. The molecular formula is C18H18N4O4. The predicted octanol–water partition coefficient (Wildman–Crippen LogP) is 1.14. The summed E-state index contributed by atoms with van der Waals surface area (Å²) >= 11 is 0. The maximum Gasteiger partial charge on any atom is 0.252 e. The third-order valence-corrected chi connectivity index (χ3v) is 4.36. The van der Waals surface area contributed by atoms with Crippen LogP contribution in [-0.2, 0) is 4.79 Å². The molecule has 1 saturated heterocycles. The third kappa shape index (κ3) is 3.37. The molecule has 0 radical (unpaired) electrons. The summed E-state index contributed by atoms with van der Waals surface area (Å²) in [7, 11) is 1.45. The van der Waals surface area contributed by atoms with Crippen molar-refractivity contribution in [3.63, 3.8) is 0 Å². The summed E-state index contributed by atoms with van der Waals surface area (Å²) in [5.74, 6) is -0.299. The van der Waals surface area contributed by atoms with E-state index in [0.29, 0.717) is 23.4 Å². The van der Waals surface area contributed by atoms with Crippen LogP contribution in [0.4, 0.5) is 0 Å². The number of aromatic nitrogens is 1. The fourth-order valence-electron chi connectivity index (χ4n) is 3.05. The Kier molecular flexibility index (Phi) is 4.89. The Morgan fingerprint density at radius 2 is 2.31 bits per heavy atom. The average Bonchev–Trinajstić information content (AvgIpc) is 2.98. The number of hydrogen-bond donors (Lipinski definition) is 2. The topological polar surface area (TPSA) is 127 Å². The van der Waals surface area contributed by atoms with Crippen LogP contribution >= 0.6 is 0 Å². The number of benzene rings is 1. The van der Waals surface area contributed by atoms with Crippen LogP contribution in [0.25, 0.3) is 10.8 Å². The largest absolute Gasteiger partial charge is 0.496 e. The predicted molar refractivity (Wildman–Crippen MR) is 92.6 cm³/mol. The first-order valence-corrected chi connectivity index (χ1v) is 8.10. The number of ether oxygens (including phenoxy) is 2. The minimum atomic E-state index is -0.583. The van der Waals surface area contributed by atoms with E-state index in [1.165, 1.54) is 7.11 Å². The van der Waals surface area contributed by atoms with Gasteiger partial charge in [-0.3, -0.25) is 9.59 Å². The highest BCUT2D eigenvalue weighted by atomic mass is 16.5. The van der Waals surface area contributed by atoms with E-state index in [1.807, 2.05) is 6.07 Å². The van der Waals surface area contributed by atoms with E-state index in [4.69, 9.17) is 20.5 Å². The molecule has 1 aliphatic heterocycles. The van der Waals surface area contributed by atoms with Crippen molar-refractivity contribution < 1.29 is 19.1 Å². The molecule has 3 N–H and O–H groups in total. The van der Waals surface area contributed by atoms with Gasteiger partial charge in [0.1, 0.15) is 12.4 Å². The van der Waals surface area contributed by atoms with Gasteiger partial charge in [0.15, 0.2) is 0 Å². The highest BCUT2D eigenvalue weighted by molar-refractivity contribution is 6.01. The Labute approximate surface area is 149 Å². The number of nitriles is 1. The highest BCUT2D eigenvalue weighted by Gasteiger charge is 2.32. The Morgan fingerprint density at radius 3 is 3.00 bits per heavy atom. The summed E-state index contributed by atoms with van der Waals surface area (Å²) in [5, 5.41) is 13.0. The van der Waals surface area contributed by atoms with Gasteiger partial charge in [-0.05, 0) is 30.0 Å². The first-order valence-electron chi connectivity index (χ1n) is 8.10. The number of primary amides is 1. The zero-order chi connectivity index (χ0) is 18.7. The van der Waals surface area contributed by atoms with Gasteiger partial charge in [-0.15, -0.1) is 0 Å². The standard InChI is InChI=1S/C18H18N4O4/c1-25-15-8-13-10(7-14(15)16(20)23)3-5-21-18(13)26-9-12-6-11(2-4-19)17(24)22-12/h3,5,7-8,11-12H,2,6,9H2,1H3,(H2,20,23)(H,22,24)/t11-,12-/m0/s1. The lowest BCUT2D eigenvalue weighted by molar-refractivity contribution is -0.122. The molecule has 2 heterocycles. The van der Waals surface area contributed by atoms with Crippen LogP contribution < -0.4 is 20.5 Å². The minimum absolute atomic E-state index is 0.126. The van der Waals surface area contributed by atoms with E-state index < -0.39 is 5.91 Å². The molecule has 1 aromatic carbocycles. The molecule has 1 fully saturated rings. The lowest BCUT2D eigenvalue weighted by atomic mass is 10.0. The highest BCUT2D eigenvalue weighted by Crippen LogP contribution is 2.31. The molecule has 2 amide bonds. The maximum atomic E-state index is 11.8. The fraction of sp³-hybridized carbons (Fsp3) is 0.333. The summed E-state index contributed by atoms with van der Waals surface area (Å²) in [5.41, 5.74) is 5.66. The van der Waals surface area contributed by atoms with Crippen molar-refractivity contribution in [2.45, 2.75) is 18.9 Å². The molecule has 26 heavy (non-hydrogen) atoms. The molecule has 0 unspecified atom stereocenters. The van der Waals surface area contributed by atoms with Crippen molar-refractivity contribution in [2.75, 3.05) is 13.7 Å². The molecule has 134 valence electrons. The Hall–Kier alpha value is -3.34. The van der Waals surface area contributed by atoms with Gasteiger partial charge in [0.2, 0.25) is 11.8 Å². The second-order valence-electron chi connectivity index (χ2n) is 6.07. The second-order valence-corrected chi connectivity index (χ2v) is 6.07. The summed E-state index contributed by atoms with van der Waals surface area (Å²) in [6, 6.07) is 6.87. The average molecular weight is 354 g/mol. The molecule has 0 aliphatic carbocycles. The molecule has 0 spiro atoms. The van der Waals surface area contributed by atoms with Gasteiger partial charge in [-0.25, -0.2) is 4.98 Å². The van der Waals surface area contributed by atoms with E-state index in [1.54, 1.807) is 24.4 Å².